The predicted octanol–water partition coefficient (Wildman–Crippen LogP) is 4.30. The molecule has 0 amide bonds. The van der Waals surface area contributed by atoms with E-state index in [9.17, 15) is 0 Å². The van der Waals surface area contributed by atoms with Crippen LogP contribution < -0.4 is 9.47 Å². The minimum Gasteiger partial charge on any atom is -0.493 e. The lowest BCUT2D eigenvalue weighted by atomic mass is 10.1. The molecule has 0 atom stereocenters. The fourth-order valence-corrected chi connectivity index (χ4v) is 2.88. The van der Waals surface area contributed by atoms with Gasteiger partial charge in [0.15, 0.2) is 11.5 Å². The minimum absolute atomic E-state index is 0.738. The van der Waals surface area contributed by atoms with Gasteiger partial charge in [-0.25, -0.2) is 4.98 Å². The zero-order chi connectivity index (χ0) is 16.9. The maximum atomic E-state index is 5.38. The number of methoxy groups -OCH3 is 2. The maximum absolute atomic E-state index is 5.38. The molecule has 0 aliphatic heterocycles. The highest BCUT2D eigenvalue weighted by atomic mass is 79.9. The van der Waals surface area contributed by atoms with Crippen LogP contribution in [0, 0.1) is 0 Å². The van der Waals surface area contributed by atoms with Crippen molar-refractivity contribution in [2.45, 2.75) is 13.0 Å². The van der Waals surface area contributed by atoms with E-state index in [4.69, 9.17) is 9.47 Å². The van der Waals surface area contributed by atoms with Crippen molar-refractivity contribution in [3.63, 3.8) is 0 Å². The van der Waals surface area contributed by atoms with Crippen LogP contribution in [0.25, 0.3) is 0 Å². The van der Waals surface area contributed by atoms with Crippen LogP contribution in [0.3, 0.4) is 0 Å². The van der Waals surface area contributed by atoms with Crippen LogP contribution in [-0.2, 0) is 13.0 Å². The second kappa shape index (κ2) is 7.53. The summed E-state index contributed by atoms with van der Waals surface area (Å²) in [7, 11) is 3.29. The smallest absolute Gasteiger partial charge is 0.161 e. The normalized spacial score (nSPS) is 10.6. The molecule has 24 heavy (non-hydrogen) atoms. The maximum Gasteiger partial charge on any atom is 0.161 e. The summed E-state index contributed by atoms with van der Waals surface area (Å²) in [6, 6.07) is 14.3. The molecule has 1 heterocycles. The van der Waals surface area contributed by atoms with Crippen LogP contribution in [0.2, 0.25) is 0 Å². The molecule has 124 valence electrons. The van der Waals surface area contributed by atoms with Gasteiger partial charge in [-0.1, -0.05) is 34.1 Å². The van der Waals surface area contributed by atoms with E-state index in [1.807, 2.05) is 30.6 Å². The Bertz CT molecular complexity index is 812. The number of hydrogen-bond acceptors (Lipinski definition) is 3. The summed E-state index contributed by atoms with van der Waals surface area (Å²) in [5.74, 6) is 2.51. The van der Waals surface area contributed by atoms with Crippen LogP contribution in [0.5, 0.6) is 11.5 Å². The highest BCUT2D eigenvalue weighted by molar-refractivity contribution is 9.10. The van der Waals surface area contributed by atoms with E-state index in [1.54, 1.807) is 14.2 Å². The lowest BCUT2D eigenvalue weighted by Gasteiger charge is -2.12. The Morgan fingerprint density at radius 1 is 0.958 bits per heavy atom. The highest BCUT2D eigenvalue weighted by Gasteiger charge is 2.08. The standard InChI is InChI=1S/C19H19BrN2O2/c1-23-17-8-5-15(11-18(17)24-2)13-22-10-9-21-19(22)12-14-3-6-16(20)7-4-14/h3-11H,12-13H2,1-2H3. The molecule has 3 rings (SSSR count). The second-order valence-electron chi connectivity index (χ2n) is 5.46. The molecule has 0 saturated heterocycles. The van der Waals surface area contributed by atoms with E-state index in [0.29, 0.717) is 0 Å². The average molecular weight is 387 g/mol. The Hall–Kier alpha value is -2.27. The average Bonchev–Trinajstić information content (AvgIpc) is 3.03. The van der Waals surface area contributed by atoms with Gasteiger partial charge in [-0.3, -0.25) is 0 Å². The zero-order valence-corrected chi connectivity index (χ0v) is 15.3. The third-order valence-corrected chi connectivity index (χ3v) is 4.41. The Labute approximate surface area is 150 Å². The molecule has 3 aromatic rings. The number of imidazole rings is 1. The molecule has 4 nitrogen and oxygen atoms in total. The van der Waals surface area contributed by atoms with Gasteiger partial charge >= 0.3 is 0 Å². The number of ether oxygens (including phenoxy) is 2. The van der Waals surface area contributed by atoms with Gasteiger partial charge < -0.3 is 14.0 Å². The van der Waals surface area contributed by atoms with E-state index >= 15 is 0 Å². The Balaban J connectivity index is 1.79. The van der Waals surface area contributed by atoms with Crippen LogP contribution >= 0.6 is 15.9 Å². The summed E-state index contributed by atoms with van der Waals surface area (Å²) >= 11 is 3.46. The molecule has 5 heteroatoms. The summed E-state index contributed by atoms with van der Waals surface area (Å²) in [4.78, 5) is 4.50. The van der Waals surface area contributed by atoms with Gasteiger partial charge in [0.2, 0.25) is 0 Å². The highest BCUT2D eigenvalue weighted by Crippen LogP contribution is 2.28. The largest absolute Gasteiger partial charge is 0.493 e. The molecule has 0 unspecified atom stereocenters. The van der Waals surface area contributed by atoms with Crippen LogP contribution in [0.4, 0.5) is 0 Å². The molecule has 1 aromatic heterocycles. The fraction of sp³-hybridized carbons (Fsp3) is 0.211. The summed E-state index contributed by atoms with van der Waals surface area (Å²) in [5, 5.41) is 0. The number of hydrogen-bond donors (Lipinski definition) is 0. The van der Waals surface area contributed by atoms with Crippen molar-refractivity contribution in [2.75, 3.05) is 14.2 Å². The molecular weight excluding hydrogens is 368 g/mol. The van der Waals surface area contributed by atoms with Gasteiger partial charge in [-0.2, -0.15) is 0 Å². The van der Waals surface area contributed by atoms with Crippen molar-refractivity contribution in [3.8, 4) is 11.5 Å². The number of rotatable bonds is 6. The molecule has 0 aliphatic carbocycles. The quantitative estimate of drug-likeness (QED) is 0.633. The van der Waals surface area contributed by atoms with Crippen molar-refractivity contribution >= 4 is 15.9 Å². The molecule has 0 radical (unpaired) electrons. The SMILES string of the molecule is COc1ccc(Cn2ccnc2Cc2ccc(Br)cc2)cc1OC. The topological polar surface area (TPSA) is 36.3 Å². The van der Waals surface area contributed by atoms with E-state index in [0.717, 1.165) is 40.3 Å². The van der Waals surface area contributed by atoms with Crippen LogP contribution in [0.1, 0.15) is 17.0 Å². The van der Waals surface area contributed by atoms with Gasteiger partial charge in [0.1, 0.15) is 5.82 Å². The molecule has 0 bridgehead atoms. The molecular formula is C19H19BrN2O2. The van der Waals surface area contributed by atoms with Gasteiger partial charge in [0.25, 0.3) is 0 Å². The monoisotopic (exact) mass is 386 g/mol. The molecule has 0 spiro atoms. The van der Waals surface area contributed by atoms with Gasteiger partial charge in [0.05, 0.1) is 14.2 Å². The van der Waals surface area contributed by atoms with E-state index < -0.39 is 0 Å². The molecule has 0 saturated carbocycles. The summed E-state index contributed by atoms with van der Waals surface area (Å²) < 4.78 is 13.9. The van der Waals surface area contributed by atoms with Crippen molar-refractivity contribution in [2.24, 2.45) is 0 Å². The number of halogens is 1. The first kappa shape index (κ1) is 16.6. The van der Waals surface area contributed by atoms with Gasteiger partial charge in [0, 0.05) is 29.8 Å². The zero-order valence-electron chi connectivity index (χ0n) is 13.7. The molecule has 0 aliphatic rings. The predicted molar refractivity (Wildman–Crippen MR) is 97.8 cm³/mol. The lowest BCUT2D eigenvalue weighted by molar-refractivity contribution is 0.354. The van der Waals surface area contributed by atoms with Crippen LogP contribution in [-0.4, -0.2) is 23.8 Å². The van der Waals surface area contributed by atoms with Gasteiger partial charge in [-0.15, -0.1) is 0 Å². The second-order valence-corrected chi connectivity index (χ2v) is 6.38. The van der Waals surface area contributed by atoms with Gasteiger partial charge in [-0.05, 0) is 35.4 Å². The van der Waals surface area contributed by atoms with Crippen molar-refractivity contribution < 1.29 is 9.47 Å². The molecule has 0 fully saturated rings. The summed E-state index contributed by atoms with van der Waals surface area (Å²) in [6.45, 7) is 0.742. The van der Waals surface area contributed by atoms with E-state index in [-0.39, 0.29) is 0 Å². The molecule has 2 aromatic carbocycles. The van der Waals surface area contributed by atoms with E-state index in [1.165, 1.54) is 5.56 Å². The first-order valence-corrected chi connectivity index (χ1v) is 8.44. The Kier molecular flexibility index (Phi) is 5.20. The van der Waals surface area contributed by atoms with Crippen molar-refractivity contribution in [3.05, 3.63) is 76.3 Å². The van der Waals surface area contributed by atoms with Crippen molar-refractivity contribution in [1.82, 2.24) is 9.55 Å². The lowest BCUT2D eigenvalue weighted by Crippen LogP contribution is -2.05. The van der Waals surface area contributed by atoms with Crippen molar-refractivity contribution in [1.29, 1.82) is 0 Å². The Morgan fingerprint density at radius 2 is 1.67 bits per heavy atom. The Morgan fingerprint density at radius 3 is 2.38 bits per heavy atom. The molecule has 0 N–H and O–H groups in total. The minimum atomic E-state index is 0.738. The van der Waals surface area contributed by atoms with Crippen LogP contribution in [0.15, 0.2) is 59.3 Å². The number of benzene rings is 2. The third kappa shape index (κ3) is 3.79. The first-order valence-electron chi connectivity index (χ1n) is 7.65. The fourth-order valence-electron chi connectivity index (χ4n) is 2.61. The summed E-state index contributed by atoms with van der Waals surface area (Å²) in [6.07, 6.45) is 4.65. The van der Waals surface area contributed by atoms with E-state index in [2.05, 4.69) is 49.7 Å². The third-order valence-electron chi connectivity index (χ3n) is 3.88. The summed E-state index contributed by atoms with van der Waals surface area (Å²) in [5.41, 5.74) is 2.38. The number of aromatic nitrogens is 2. The number of nitrogens with zero attached hydrogens (tertiary/aromatic N) is 2. The first-order chi connectivity index (χ1) is 11.7.